The second-order valence-electron chi connectivity index (χ2n) is 14.4. The molecule has 0 aromatic rings. The van der Waals surface area contributed by atoms with Gasteiger partial charge < -0.3 is 14.2 Å². The monoisotopic (exact) mass is 524 g/mol. The van der Waals surface area contributed by atoms with Crippen molar-refractivity contribution in [2.24, 2.45) is 40.4 Å². The predicted molar refractivity (Wildman–Crippen MR) is 142 cm³/mol. The predicted octanol–water partition coefficient (Wildman–Crippen LogP) is 6.08. The average molecular weight is 525 g/mol. The molecule has 3 fully saturated rings. The number of cyclic esters (lactones) is 1. The van der Waals surface area contributed by atoms with Gasteiger partial charge in [0.15, 0.2) is 0 Å². The molecule has 6 aliphatic rings. The van der Waals surface area contributed by atoms with Gasteiger partial charge in [0.05, 0.1) is 0 Å². The average Bonchev–Trinajstić information content (AvgIpc) is 3.19. The van der Waals surface area contributed by atoms with Crippen molar-refractivity contribution >= 4 is 17.9 Å². The van der Waals surface area contributed by atoms with E-state index in [1.165, 1.54) is 13.3 Å². The zero-order valence-electron chi connectivity index (χ0n) is 23.9. The lowest BCUT2D eigenvalue weighted by molar-refractivity contribution is -0.197. The van der Waals surface area contributed by atoms with E-state index in [2.05, 4.69) is 33.8 Å². The van der Waals surface area contributed by atoms with Crippen LogP contribution in [-0.4, -0.2) is 35.2 Å². The molecular weight excluding hydrogens is 480 g/mol. The van der Waals surface area contributed by atoms with Crippen molar-refractivity contribution in [1.82, 2.24) is 0 Å². The summed E-state index contributed by atoms with van der Waals surface area (Å²) < 4.78 is 17.5. The van der Waals surface area contributed by atoms with Crippen LogP contribution in [0.1, 0.15) is 99.3 Å². The Kier molecular flexibility index (Phi) is 5.81. The summed E-state index contributed by atoms with van der Waals surface area (Å²) >= 11 is 0. The van der Waals surface area contributed by atoms with Crippen molar-refractivity contribution in [1.29, 1.82) is 0 Å². The van der Waals surface area contributed by atoms with Gasteiger partial charge in [-0.25, -0.2) is 9.59 Å². The zero-order valence-corrected chi connectivity index (χ0v) is 23.9. The van der Waals surface area contributed by atoms with Crippen LogP contribution in [0, 0.1) is 40.4 Å². The third-order valence-electron chi connectivity index (χ3n) is 12.4. The van der Waals surface area contributed by atoms with Crippen LogP contribution in [0.5, 0.6) is 0 Å². The molecule has 0 amide bonds. The Balaban J connectivity index is 1.29. The summed E-state index contributed by atoms with van der Waals surface area (Å²) in [5.74, 6) is 0.468. The van der Waals surface area contributed by atoms with E-state index in [0.717, 1.165) is 51.4 Å². The summed E-state index contributed by atoms with van der Waals surface area (Å²) in [7, 11) is 0. The summed E-state index contributed by atoms with van der Waals surface area (Å²) in [5, 5.41) is 0. The Labute approximate surface area is 226 Å². The minimum absolute atomic E-state index is 0.0261. The Hall–Kier alpha value is -2.11. The van der Waals surface area contributed by atoms with Crippen LogP contribution in [0.4, 0.5) is 0 Å². The SMILES string of the molecule is CC(=O)O[C@@]1(C)C(=O)O[C@@H]2C[C@H]1CC2[C@H]1CC[C@@]2(C)C3=C(CC[C@]12C)CC1C=CC(=O)OC(C)(C)[C@@H]1CC3. The standard InChI is InChI=1S/C32H44O6/c1-18(33)37-32(6)21-16-22(26(17-21)36-28(32)35)25-12-14-30(4)24-9-8-23-19(7-10-27(34)38-29(23,2)3)15-20(24)11-13-31(25,30)5/h7,10,19,21-23,25-26H,8-9,11-17H2,1-6H3/t19?,21-,22?,23-,25-,26-,30+,31-,32-/m1/s1. The number of carbonyl (C=O) groups is 3. The maximum atomic E-state index is 13.0. The molecule has 2 bridgehead atoms. The molecule has 2 aliphatic heterocycles. The zero-order chi connectivity index (χ0) is 27.3. The first kappa shape index (κ1) is 26.1. The highest BCUT2D eigenvalue weighted by Crippen LogP contribution is 2.70. The largest absolute Gasteiger partial charge is 0.459 e. The molecule has 0 aromatic heterocycles. The van der Waals surface area contributed by atoms with E-state index in [4.69, 9.17) is 14.2 Å². The summed E-state index contributed by atoms with van der Waals surface area (Å²) in [6.07, 6.45) is 13.1. The molecule has 38 heavy (non-hydrogen) atoms. The molecule has 1 saturated heterocycles. The molecule has 2 unspecified atom stereocenters. The van der Waals surface area contributed by atoms with E-state index in [-0.39, 0.29) is 34.8 Å². The van der Waals surface area contributed by atoms with E-state index in [1.807, 2.05) is 0 Å². The van der Waals surface area contributed by atoms with Crippen LogP contribution in [0.15, 0.2) is 23.3 Å². The van der Waals surface area contributed by atoms with Crippen molar-refractivity contribution in [3.63, 3.8) is 0 Å². The number of fused-ring (bicyclic) bond motifs is 5. The van der Waals surface area contributed by atoms with E-state index in [0.29, 0.717) is 23.7 Å². The van der Waals surface area contributed by atoms with Gasteiger partial charge in [-0.3, -0.25) is 4.79 Å². The fourth-order valence-corrected chi connectivity index (χ4v) is 10.2. The highest BCUT2D eigenvalue weighted by molar-refractivity contribution is 5.84. The van der Waals surface area contributed by atoms with Gasteiger partial charge in [-0.2, -0.15) is 0 Å². The molecule has 6 rings (SSSR count). The van der Waals surface area contributed by atoms with E-state index < -0.39 is 17.2 Å². The Bertz CT molecular complexity index is 1130. The highest BCUT2D eigenvalue weighted by atomic mass is 16.6. The maximum Gasteiger partial charge on any atom is 0.350 e. The Morgan fingerprint density at radius 1 is 1.00 bits per heavy atom. The maximum absolute atomic E-state index is 13.0. The van der Waals surface area contributed by atoms with Crippen LogP contribution in [0.25, 0.3) is 0 Å². The molecule has 208 valence electrons. The van der Waals surface area contributed by atoms with Crippen molar-refractivity contribution < 1.29 is 28.6 Å². The molecule has 6 heteroatoms. The van der Waals surface area contributed by atoms with Crippen molar-refractivity contribution in [2.45, 2.75) is 117 Å². The van der Waals surface area contributed by atoms with Crippen LogP contribution in [0.2, 0.25) is 0 Å². The second-order valence-corrected chi connectivity index (χ2v) is 14.4. The van der Waals surface area contributed by atoms with Gasteiger partial charge in [0.1, 0.15) is 11.7 Å². The van der Waals surface area contributed by atoms with Gasteiger partial charge in [-0.1, -0.05) is 31.1 Å². The summed E-state index contributed by atoms with van der Waals surface area (Å²) in [6, 6.07) is 0. The van der Waals surface area contributed by atoms with Gasteiger partial charge in [0.25, 0.3) is 0 Å². The fourth-order valence-electron chi connectivity index (χ4n) is 10.2. The first-order valence-electron chi connectivity index (χ1n) is 14.8. The van der Waals surface area contributed by atoms with Gasteiger partial charge in [-0.05, 0) is 107 Å². The Morgan fingerprint density at radius 2 is 1.76 bits per heavy atom. The first-order chi connectivity index (χ1) is 17.8. The van der Waals surface area contributed by atoms with E-state index in [9.17, 15) is 14.4 Å². The van der Waals surface area contributed by atoms with E-state index in [1.54, 1.807) is 24.1 Å². The quantitative estimate of drug-likeness (QED) is 0.247. The normalized spacial score (nSPS) is 47.2. The molecule has 2 heterocycles. The molecule has 0 spiro atoms. The summed E-state index contributed by atoms with van der Waals surface area (Å²) in [5.41, 5.74) is 1.92. The lowest BCUT2D eigenvalue weighted by Gasteiger charge is -2.52. The number of esters is 3. The van der Waals surface area contributed by atoms with Crippen LogP contribution in [-0.2, 0) is 28.6 Å². The van der Waals surface area contributed by atoms with Gasteiger partial charge in [0, 0.05) is 24.8 Å². The lowest BCUT2D eigenvalue weighted by Crippen LogP contribution is -2.51. The molecule has 0 N–H and O–H groups in total. The van der Waals surface area contributed by atoms with Gasteiger partial charge in [-0.15, -0.1) is 0 Å². The molecule has 6 nitrogen and oxygen atoms in total. The highest BCUT2D eigenvalue weighted by Gasteiger charge is 2.65. The number of carbonyl (C=O) groups excluding carboxylic acids is 3. The minimum atomic E-state index is -1.16. The van der Waals surface area contributed by atoms with Crippen molar-refractivity contribution in [3.05, 3.63) is 23.3 Å². The van der Waals surface area contributed by atoms with Gasteiger partial charge >= 0.3 is 17.9 Å². The fraction of sp³-hybridized carbons (Fsp3) is 0.781. The topological polar surface area (TPSA) is 78.9 Å². The van der Waals surface area contributed by atoms with Crippen LogP contribution < -0.4 is 0 Å². The molecule has 9 atom stereocenters. The molecular formula is C32H44O6. The molecule has 2 saturated carbocycles. The molecule has 0 aromatic carbocycles. The molecule has 0 radical (unpaired) electrons. The van der Waals surface area contributed by atoms with Crippen molar-refractivity contribution in [2.75, 3.05) is 0 Å². The summed E-state index contributed by atoms with van der Waals surface area (Å²) in [4.78, 5) is 37.1. The number of allylic oxidation sites excluding steroid dienone is 3. The van der Waals surface area contributed by atoms with Gasteiger partial charge in [0.2, 0.25) is 5.60 Å². The number of rotatable bonds is 2. The smallest absolute Gasteiger partial charge is 0.350 e. The molecule has 4 aliphatic carbocycles. The number of hydrogen-bond acceptors (Lipinski definition) is 6. The summed E-state index contributed by atoms with van der Waals surface area (Å²) in [6.45, 7) is 12.3. The minimum Gasteiger partial charge on any atom is -0.459 e. The number of hydrogen-bond donors (Lipinski definition) is 0. The van der Waals surface area contributed by atoms with Crippen LogP contribution >= 0.6 is 0 Å². The Morgan fingerprint density at radius 3 is 2.50 bits per heavy atom. The first-order valence-corrected chi connectivity index (χ1v) is 14.8. The number of ether oxygens (including phenoxy) is 3. The second kappa shape index (κ2) is 8.44. The third kappa shape index (κ3) is 3.60. The van der Waals surface area contributed by atoms with E-state index >= 15 is 0 Å². The third-order valence-corrected chi connectivity index (χ3v) is 12.4. The van der Waals surface area contributed by atoms with Crippen LogP contribution in [0.3, 0.4) is 0 Å². The van der Waals surface area contributed by atoms with Crippen molar-refractivity contribution in [3.8, 4) is 0 Å². The lowest BCUT2D eigenvalue weighted by atomic mass is 9.52.